The molecule has 0 saturated carbocycles. The fourth-order valence-electron chi connectivity index (χ4n) is 3.06. The average Bonchev–Trinajstić information content (AvgIpc) is 2.80. The smallest absolute Gasteiger partial charge is 0.344 e. The molecule has 3 rings (SSSR count). The lowest BCUT2D eigenvalue weighted by molar-refractivity contribution is -0.142. The Hall–Kier alpha value is -4.01. The summed E-state index contributed by atoms with van der Waals surface area (Å²) in [4.78, 5) is 20.5. The van der Waals surface area contributed by atoms with Crippen molar-refractivity contribution in [3.8, 4) is 23.0 Å². The maximum absolute atomic E-state index is 10.9. The summed E-state index contributed by atoms with van der Waals surface area (Å²) in [6, 6.07) is 10.6. The molecule has 1 aromatic heterocycles. The highest BCUT2D eigenvalue weighted by molar-refractivity contribution is 6.18. The van der Waals surface area contributed by atoms with Crippen molar-refractivity contribution in [3.05, 3.63) is 53.9 Å². The van der Waals surface area contributed by atoms with Crippen LogP contribution < -0.4 is 18.9 Å². The number of benzene rings is 2. The van der Waals surface area contributed by atoms with Crippen LogP contribution in [0.15, 0.2) is 47.8 Å². The van der Waals surface area contributed by atoms with Crippen molar-refractivity contribution >= 4 is 22.5 Å². The van der Waals surface area contributed by atoms with Gasteiger partial charge in [-0.25, -0.2) is 4.79 Å². The number of methoxy groups -OCH3 is 4. The van der Waals surface area contributed by atoms with E-state index in [9.17, 15) is 4.79 Å². The molecule has 0 bridgehead atoms. The molecule has 0 aliphatic rings. The van der Waals surface area contributed by atoms with Crippen molar-refractivity contribution in [1.29, 1.82) is 0 Å². The molecule has 0 atom stereocenters. The summed E-state index contributed by atoms with van der Waals surface area (Å²) in [6.07, 6.45) is 1.62. The highest BCUT2D eigenvalue weighted by Crippen LogP contribution is 2.34. The SMILES string of the molecule is COc1ccc(/C(=N/OCC(=O)O)c2nccc3cc(OC)c(OC)cc23)cc1OC. The quantitative estimate of drug-likeness (QED) is 0.411. The van der Waals surface area contributed by atoms with Gasteiger partial charge in [-0.2, -0.15) is 0 Å². The molecule has 0 spiro atoms. The van der Waals surface area contributed by atoms with E-state index < -0.39 is 12.6 Å². The summed E-state index contributed by atoms with van der Waals surface area (Å²) in [6.45, 7) is -0.599. The first kappa shape index (κ1) is 21.7. The van der Waals surface area contributed by atoms with E-state index in [1.807, 2.05) is 12.1 Å². The van der Waals surface area contributed by atoms with Gasteiger partial charge in [0.25, 0.3) is 0 Å². The van der Waals surface area contributed by atoms with Crippen LogP contribution in [0.2, 0.25) is 0 Å². The molecule has 0 aliphatic heterocycles. The Morgan fingerprint density at radius 3 is 2.19 bits per heavy atom. The number of oxime groups is 1. The zero-order valence-electron chi connectivity index (χ0n) is 17.5. The number of rotatable bonds is 9. The molecule has 0 unspecified atom stereocenters. The molecule has 0 aliphatic carbocycles. The predicted molar refractivity (Wildman–Crippen MR) is 114 cm³/mol. The van der Waals surface area contributed by atoms with Gasteiger partial charge < -0.3 is 28.9 Å². The van der Waals surface area contributed by atoms with Gasteiger partial charge in [0, 0.05) is 17.1 Å². The van der Waals surface area contributed by atoms with Crippen molar-refractivity contribution in [1.82, 2.24) is 4.98 Å². The third-order valence-electron chi connectivity index (χ3n) is 4.49. The standard InChI is InChI=1S/C22H22N2O7/c1-27-16-6-5-14(10-17(16)28-2)21(24-31-12-20(25)26)22-15-11-19(30-4)18(29-3)9-13(15)7-8-23-22/h5-11H,12H2,1-4H3,(H,25,26)/b24-21-. The Kier molecular flexibility index (Phi) is 6.76. The molecular formula is C22H22N2O7. The predicted octanol–water partition coefficient (Wildman–Crippen LogP) is 3.12. The molecule has 162 valence electrons. The van der Waals surface area contributed by atoms with Gasteiger partial charge in [-0.15, -0.1) is 0 Å². The fraction of sp³-hybridized carbons (Fsp3) is 0.227. The minimum Gasteiger partial charge on any atom is -0.493 e. The third-order valence-corrected chi connectivity index (χ3v) is 4.49. The van der Waals surface area contributed by atoms with Crippen molar-refractivity contribution < 1.29 is 33.7 Å². The summed E-state index contributed by atoms with van der Waals surface area (Å²) in [5.74, 6) is 0.953. The van der Waals surface area contributed by atoms with E-state index in [2.05, 4.69) is 10.1 Å². The van der Waals surface area contributed by atoms with Crippen molar-refractivity contribution in [2.24, 2.45) is 5.16 Å². The minimum atomic E-state index is -1.15. The molecule has 9 nitrogen and oxygen atoms in total. The van der Waals surface area contributed by atoms with E-state index in [1.165, 1.54) is 14.2 Å². The Labute approximate surface area is 178 Å². The van der Waals surface area contributed by atoms with Crippen LogP contribution in [0.5, 0.6) is 23.0 Å². The molecule has 9 heteroatoms. The Balaban J connectivity index is 2.23. The van der Waals surface area contributed by atoms with Gasteiger partial charge in [-0.1, -0.05) is 5.16 Å². The maximum Gasteiger partial charge on any atom is 0.344 e. The van der Waals surface area contributed by atoms with E-state index in [-0.39, 0.29) is 0 Å². The Morgan fingerprint density at radius 1 is 0.903 bits per heavy atom. The van der Waals surface area contributed by atoms with Crippen molar-refractivity contribution in [2.75, 3.05) is 35.0 Å². The highest BCUT2D eigenvalue weighted by Gasteiger charge is 2.18. The number of carboxylic acid groups (broad SMARTS) is 1. The lowest BCUT2D eigenvalue weighted by Crippen LogP contribution is -2.11. The zero-order valence-corrected chi connectivity index (χ0v) is 17.5. The number of hydrogen-bond donors (Lipinski definition) is 1. The highest BCUT2D eigenvalue weighted by atomic mass is 16.6. The molecular weight excluding hydrogens is 404 g/mol. The van der Waals surface area contributed by atoms with Gasteiger partial charge in [-0.05, 0) is 41.8 Å². The van der Waals surface area contributed by atoms with Crippen LogP contribution >= 0.6 is 0 Å². The average molecular weight is 426 g/mol. The number of nitrogens with zero attached hydrogens (tertiary/aromatic N) is 2. The van der Waals surface area contributed by atoms with Crippen molar-refractivity contribution in [2.45, 2.75) is 0 Å². The first-order chi connectivity index (χ1) is 15.0. The normalized spacial score (nSPS) is 11.2. The molecule has 1 heterocycles. The van der Waals surface area contributed by atoms with E-state index in [4.69, 9.17) is 28.9 Å². The lowest BCUT2D eigenvalue weighted by Gasteiger charge is -2.14. The van der Waals surface area contributed by atoms with Crippen LogP contribution in [0.1, 0.15) is 11.3 Å². The minimum absolute atomic E-state index is 0.319. The van der Waals surface area contributed by atoms with Crippen LogP contribution in [0.25, 0.3) is 10.8 Å². The van der Waals surface area contributed by atoms with Crippen LogP contribution in [0, 0.1) is 0 Å². The van der Waals surface area contributed by atoms with Crippen LogP contribution in [0.4, 0.5) is 0 Å². The summed E-state index contributed by atoms with van der Waals surface area (Å²) in [5.41, 5.74) is 1.38. The van der Waals surface area contributed by atoms with Gasteiger partial charge in [0.1, 0.15) is 11.4 Å². The number of aliphatic carboxylic acids is 1. The van der Waals surface area contributed by atoms with Gasteiger partial charge in [0.15, 0.2) is 23.0 Å². The van der Waals surface area contributed by atoms with Gasteiger partial charge in [0.2, 0.25) is 6.61 Å². The molecule has 3 aromatic rings. The number of pyridine rings is 1. The van der Waals surface area contributed by atoms with Crippen LogP contribution in [0.3, 0.4) is 0 Å². The Bertz CT molecular complexity index is 1130. The second-order valence-electron chi connectivity index (χ2n) is 6.26. The van der Waals surface area contributed by atoms with E-state index in [0.717, 1.165) is 5.39 Å². The third kappa shape index (κ3) is 4.61. The van der Waals surface area contributed by atoms with E-state index in [1.54, 1.807) is 44.7 Å². The molecule has 0 fully saturated rings. The van der Waals surface area contributed by atoms with E-state index >= 15 is 0 Å². The number of carbonyl (C=O) groups is 1. The second kappa shape index (κ2) is 9.66. The first-order valence-corrected chi connectivity index (χ1v) is 9.17. The number of aromatic nitrogens is 1. The number of carboxylic acids is 1. The van der Waals surface area contributed by atoms with Gasteiger partial charge in [-0.3, -0.25) is 4.98 Å². The van der Waals surface area contributed by atoms with Crippen LogP contribution in [-0.4, -0.2) is 56.8 Å². The largest absolute Gasteiger partial charge is 0.493 e. The summed E-state index contributed by atoms with van der Waals surface area (Å²) in [7, 11) is 6.15. The van der Waals surface area contributed by atoms with Crippen LogP contribution in [-0.2, 0) is 9.63 Å². The lowest BCUT2D eigenvalue weighted by atomic mass is 10.0. The molecule has 0 radical (unpaired) electrons. The molecule has 1 N–H and O–H groups in total. The molecule has 31 heavy (non-hydrogen) atoms. The molecule has 0 saturated heterocycles. The number of ether oxygens (including phenoxy) is 4. The summed E-state index contributed by atoms with van der Waals surface area (Å²) < 4.78 is 21.5. The maximum atomic E-state index is 10.9. The summed E-state index contributed by atoms with van der Waals surface area (Å²) in [5, 5.41) is 14.6. The molecule has 0 amide bonds. The monoisotopic (exact) mass is 426 g/mol. The molecule has 2 aromatic carbocycles. The van der Waals surface area contributed by atoms with Gasteiger partial charge in [0.05, 0.1) is 28.4 Å². The second-order valence-corrected chi connectivity index (χ2v) is 6.26. The van der Waals surface area contributed by atoms with Gasteiger partial charge >= 0.3 is 5.97 Å². The first-order valence-electron chi connectivity index (χ1n) is 9.17. The van der Waals surface area contributed by atoms with E-state index in [0.29, 0.717) is 45.4 Å². The topological polar surface area (TPSA) is 109 Å². The zero-order chi connectivity index (χ0) is 22.4. The number of hydrogen-bond acceptors (Lipinski definition) is 8. The fourth-order valence-corrected chi connectivity index (χ4v) is 3.06. The summed E-state index contributed by atoms with van der Waals surface area (Å²) >= 11 is 0. The van der Waals surface area contributed by atoms with Crippen molar-refractivity contribution in [3.63, 3.8) is 0 Å². The Morgan fingerprint density at radius 2 is 1.55 bits per heavy atom. The number of fused-ring (bicyclic) bond motifs is 1.